The third-order valence-electron chi connectivity index (χ3n) is 8.79. The summed E-state index contributed by atoms with van der Waals surface area (Å²) in [6, 6.07) is 0. The van der Waals surface area contributed by atoms with E-state index in [1.807, 2.05) is 13.0 Å². The Bertz CT molecular complexity index is 857. The van der Waals surface area contributed by atoms with Crippen LogP contribution < -0.4 is 5.11 Å². The Morgan fingerprint density at radius 2 is 2.00 bits per heavy atom. The maximum Gasteiger partial charge on any atom is 0.178 e. The summed E-state index contributed by atoms with van der Waals surface area (Å²) >= 11 is 0. The first-order valence-electron chi connectivity index (χ1n) is 10.7. The number of fused-ring (bicyclic) bond motifs is 7. The molecule has 5 rings (SSSR count). The summed E-state index contributed by atoms with van der Waals surface area (Å²) < 4.78 is 12.2. The molecule has 4 aliphatic carbocycles. The van der Waals surface area contributed by atoms with Crippen LogP contribution in [0.3, 0.4) is 0 Å². The van der Waals surface area contributed by atoms with Gasteiger partial charge in [-0.2, -0.15) is 0 Å². The Morgan fingerprint density at radius 3 is 2.69 bits per heavy atom. The number of ketones is 1. The van der Waals surface area contributed by atoms with Crippen molar-refractivity contribution in [2.45, 2.75) is 77.0 Å². The number of allylic oxidation sites excluding steroid dienone is 4. The largest absolute Gasteiger partial charge is 0.547 e. The predicted octanol–water partition coefficient (Wildman–Crippen LogP) is 1.52. The number of carbonyl (C=O) groups is 2. The van der Waals surface area contributed by atoms with Crippen molar-refractivity contribution in [2.75, 3.05) is 0 Å². The van der Waals surface area contributed by atoms with Crippen LogP contribution in [0.4, 0.5) is 0 Å². The molecule has 3 saturated carbocycles. The van der Waals surface area contributed by atoms with Crippen LogP contribution in [0, 0.1) is 28.6 Å². The van der Waals surface area contributed by atoms with Crippen LogP contribution in [0.25, 0.3) is 0 Å². The average molecular weight is 401 g/mol. The van der Waals surface area contributed by atoms with E-state index in [0.29, 0.717) is 12.8 Å². The maximum atomic E-state index is 12.5. The van der Waals surface area contributed by atoms with Crippen molar-refractivity contribution >= 4 is 11.8 Å². The van der Waals surface area contributed by atoms with Gasteiger partial charge in [0.05, 0.1) is 18.2 Å². The lowest BCUT2D eigenvalue weighted by Gasteiger charge is -2.60. The van der Waals surface area contributed by atoms with Crippen LogP contribution in [0.15, 0.2) is 23.8 Å². The molecule has 0 bridgehead atoms. The highest BCUT2D eigenvalue weighted by Crippen LogP contribution is 2.70. The predicted molar refractivity (Wildman–Crippen MR) is 101 cm³/mol. The van der Waals surface area contributed by atoms with Crippen LogP contribution in [-0.4, -0.2) is 40.5 Å². The molecule has 6 heteroatoms. The van der Waals surface area contributed by atoms with Gasteiger partial charge in [0.2, 0.25) is 0 Å². The number of carboxylic acid groups (broad SMARTS) is 1. The van der Waals surface area contributed by atoms with Gasteiger partial charge in [-0.3, -0.25) is 4.79 Å². The van der Waals surface area contributed by atoms with Crippen molar-refractivity contribution in [1.29, 1.82) is 0 Å². The fraction of sp³-hybridized carbons (Fsp3) is 0.739. The lowest BCUT2D eigenvalue weighted by atomic mass is 9.46. The molecule has 0 aromatic rings. The Balaban J connectivity index is 1.59. The van der Waals surface area contributed by atoms with Crippen LogP contribution in [0.2, 0.25) is 0 Å². The van der Waals surface area contributed by atoms with Gasteiger partial charge >= 0.3 is 0 Å². The van der Waals surface area contributed by atoms with Gasteiger partial charge in [0.25, 0.3) is 0 Å². The number of carbonyl (C=O) groups excluding carboxylic acids is 2. The van der Waals surface area contributed by atoms with Gasteiger partial charge < -0.3 is 24.5 Å². The van der Waals surface area contributed by atoms with Crippen molar-refractivity contribution in [2.24, 2.45) is 28.6 Å². The molecule has 0 amide bonds. The molecule has 1 aliphatic heterocycles. The van der Waals surface area contributed by atoms with Crippen molar-refractivity contribution in [3.8, 4) is 0 Å². The first kappa shape index (κ1) is 19.5. The molecule has 0 aromatic heterocycles. The van der Waals surface area contributed by atoms with Gasteiger partial charge in [-0.1, -0.05) is 25.5 Å². The van der Waals surface area contributed by atoms with Crippen LogP contribution in [0.1, 0.15) is 53.4 Å². The van der Waals surface area contributed by atoms with Crippen molar-refractivity contribution in [3.63, 3.8) is 0 Å². The summed E-state index contributed by atoms with van der Waals surface area (Å²) in [5.41, 5.74) is -1.64. The molecule has 158 valence electrons. The fourth-order valence-electron chi connectivity index (χ4n) is 7.77. The van der Waals surface area contributed by atoms with E-state index in [9.17, 15) is 19.8 Å². The summed E-state index contributed by atoms with van der Waals surface area (Å²) in [6.07, 6.45) is 6.49. The average Bonchev–Trinajstić information content (AvgIpc) is 3.02. The minimum absolute atomic E-state index is 0.00129. The normalized spacial score (nSPS) is 52.2. The van der Waals surface area contributed by atoms with E-state index >= 15 is 0 Å². The van der Waals surface area contributed by atoms with Crippen molar-refractivity contribution in [1.82, 2.24) is 0 Å². The van der Waals surface area contributed by atoms with Crippen LogP contribution in [-0.2, 0) is 19.1 Å². The summed E-state index contributed by atoms with van der Waals surface area (Å²) in [5.74, 6) is -2.13. The summed E-state index contributed by atoms with van der Waals surface area (Å²) in [4.78, 5) is 24.4. The van der Waals surface area contributed by atoms with Gasteiger partial charge in [0.15, 0.2) is 11.6 Å². The minimum atomic E-state index is -1.55. The summed E-state index contributed by atoms with van der Waals surface area (Å²) in [7, 11) is 0. The van der Waals surface area contributed by atoms with E-state index in [4.69, 9.17) is 9.47 Å². The zero-order valence-electron chi connectivity index (χ0n) is 17.4. The van der Waals surface area contributed by atoms with Gasteiger partial charge in [0.1, 0.15) is 5.60 Å². The Kier molecular flexibility index (Phi) is 3.75. The molecular weight excluding hydrogens is 372 g/mol. The SMILES string of the molecule is CC1(C)O[C@@H]2C[C@@H]3[C@H]4CCC5=CC(=O)C=C[C@]5(C)[C@@H]4[C@H](O)C[C@]3(C)[C@]2(C(=O)[O-])O1. The first-order chi connectivity index (χ1) is 13.4. The Hall–Kier alpha value is -1.50. The van der Waals surface area contributed by atoms with Gasteiger partial charge in [-0.15, -0.1) is 0 Å². The summed E-state index contributed by atoms with van der Waals surface area (Å²) in [5, 5.41) is 23.9. The molecule has 8 atom stereocenters. The molecule has 6 nitrogen and oxygen atoms in total. The zero-order chi connectivity index (χ0) is 21.0. The van der Waals surface area contributed by atoms with E-state index in [1.165, 1.54) is 0 Å². The number of aliphatic hydroxyl groups is 1. The molecule has 4 fully saturated rings. The maximum absolute atomic E-state index is 12.5. The first-order valence-corrected chi connectivity index (χ1v) is 10.7. The lowest BCUT2D eigenvalue weighted by molar-refractivity contribution is -0.341. The Morgan fingerprint density at radius 1 is 1.28 bits per heavy atom. The smallest absolute Gasteiger partial charge is 0.178 e. The second-order valence-electron chi connectivity index (χ2n) is 10.6. The molecule has 1 heterocycles. The number of ether oxygens (including phenoxy) is 2. The molecule has 1 N–H and O–H groups in total. The highest BCUT2D eigenvalue weighted by Gasteiger charge is 2.75. The number of aliphatic carboxylic acids is 1. The van der Waals surface area contributed by atoms with E-state index < -0.39 is 35.0 Å². The minimum Gasteiger partial charge on any atom is -0.547 e. The van der Waals surface area contributed by atoms with E-state index in [2.05, 4.69) is 6.92 Å². The number of aliphatic hydroxyl groups excluding tert-OH is 1. The molecular formula is C23H29O6-. The molecule has 0 aromatic carbocycles. The molecule has 0 spiro atoms. The molecule has 29 heavy (non-hydrogen) atoms. The van der Waals surface area contributed by atoms with Crippen LogP contribution in [0.5, 0.6) is 0 Å². The highest BCUT2D eigenvalue weighted by molar-refractivity contribution is 6.01. The van der Waals surface area contributed by atoms with Crippen LogP contribution >= 0.6 is 0 Å². The quantitative estimate of drug-likeness (QED) is 0.716. The van der Waals surface area contributed by atoms with Crippen molar-refractivity contribution < 1.29 is 29.3 Å². The van der Waals surface area contributed by atoms with E-state index in [0.717, 1.165) is 18.4 Å². The summed E-state index contributed by atoms with van der Waals surface area (Å²) in [6.45, 7) is 7.51. The van der Waals surface area contributed by atoms with E-state index in [-0.39, 0.29) is 29.0 Å². The lowest BCUT2D eigenvalue weighted by Crippen LogP contribution is -2.66. The second-order valence-corrected chi connectivity index (χ2v) is 10.6. The molecule has 1 saturated heterocycles. The molecule has 0 unspecified atom stereocenters. The highest BCUT2D eigenvalue weighted by atomic mass is 16.8. The zero-order valence-corrected chi connectivity index (χ0v) is 17.4. The number of rotatable bonds is 1. The molecule has 5 aliphatic rings. The van der Waals surface area contributed by atoms with E-state index in [1.54, 1.807) is 26.0 Å². The third-order valence-corrected chi connectivity index (χ3v) is 8.79. The van der Waals surface area contributed by atoms with Gasteiger partial charge in [0, 0.05) is 16.7 Å². The van der Waals surface area contributed by atoms with Gasteiger partial charge in [-0.05, 0) is 63.5 Å². The number of carboxylic acids is 1. The fourth-order valence-corrected chi connectivity index (χ4v) is 7.77. The number of hydrogen-bond acceptors (Lipinski definition) is 6. The standard InChI is InChI=1S/C23H30O6/c1-20(2)28-17-10-15-14-6-5-12-9-13(24)7-8-21(12,3)18(14)16(25)11-22(15,4)23(17,29-20)19(26)27/h7-9,14-18,25H,5-6,10-11H2,1-4H3,(H,26,27)/p-1/t14-,15-,16-,17-,18+,21+,22+,23+/m1/s1. The topological polar surface area (TPSA) is 95.9 Å². The Labute approximate surface area is 170 Å². The molecule has 0 radical (unpaired) electrons. The monoisotopic (exact) mass is 401 g/mol. The second kappa shape index (κ2) is 5.59. The van der Waals surface area contributed by atoms with Crippen molar-refractivity contribution in [3.05, 3.63) is 23.8 Å². The van der Waals surface area contributed by atoms with Gasteiger partial charge in [-0.25, -0.2) is 0 Å². The number of hydrogen-bond donors (Lipinski definition) is 1. The third kappa shape index (κ3) is 2.23.